The number of thiophene rings is 1. The summed E-state index contributed by atoms with van der Waals surface area (Å²) in [5.74, 6) is -0.0924. The number of carbonyl (C=O) groups is 2. The van der Waals surface area contributed by atoms with Crippen molar-refractivity contribution >= 4 is 56.5 Å². The normalized spacial score (nSPS) is 10.7. The predicted octanol–water partition coefficient (Wildman–Crippen LogP) is 5.05. The van der Waals surface area contributed by atoms with Gasteiger partial charge in [0.2, 0.25) is 11.8 Å². The van der Waals surface area contributed by atoms with Crippen molar-refractivity contribution in [1.82, 2.24) is 9.97 Å². The molecule has 6 nitrogen and oxygen atoms in total. The lowest BCUT2D eigenvalue weighted by Gasteiger charge is -2.08. The Kier molecular flexibility index (Phi) is 6.06. The molecule has 0 bridgehead atoms. The lowest BCUT2D eigenvalue weighted by molar-refractivity contribution is -0.114. The fraction of sp³-hybridized carbons (Fsp3) is 0.0909. The van der Waals surface area contributed by atoms with E-state index in [4.69, 9.17) is 0 Å². The van der Waals surface area contributed by atoms with Gasteiger partial charge < -0.3 is 10.6 Å². The molecule has 0 aliphatic carbocycles. The third-order valence-electron chi connectivity index (χ3n) is 4.16. The summed E-state index contributed by atoms with van der Waals surface area (Å²) in [6, 6.07) is 19.2. The lowest BCUT2D eigenvalue weighted by atomic mass is 10.2. The van der Waals surface area contributed by atoms with Crippen molar-refractivity contribution in [3.8, 4) is 10.4 Å². The zero-order valence-corrected chi connectivity index (χ0v) is 17.7. The first kappa shape index (κ1) is 20.1. The Morgan fingerprint density at radius 1 is 0.967 bits per heavy atom. The fourth-order valence-corrected chi connectivity index (χ4v) is 4.74. The summed E-state index contributed by atoms with van der Waals surface area (Å²) in [5.41, 5.74) is 2.40. The summed E-state index contributed by atoms with van der Waals surface area (Å²) in [5, 5.41) is 7.28. The third-order valence-corrected chi connectivity index (χ3v) is 6.26. The van der Waals surface area contributed by atoms with E-state index in [1.807, 2.05) is 18.2 Å². The van der Waals surface area contributed by atoms with Gasteiger partial charge in [-0.2, -0.15) is 0 Å². The topological polar surface area (TPSA) is 84.0 Å². The molecule has 0 aliphatic heterocycles. The van der Waals surface area contributed by atoms with E-state index in [9.17, 15) is 9.59 Å². The van der Waals surface area contributed by atoms with E-state index in [0.29, 0.717) is 11.4 Å². The number of carbonyl (C=O) groups excluding carboxylic acids is 2. The number of benzene rings is 2. The predicted molar refractivity (Wildman–Crippen MR) is 123 cm³/mol. The maximum atomic E-state index is 12.4. The maximum absolute atomic E-state index is 12.4. The van der Waals surface area contributed by atoms with Crippen LogP contribution < -0.4 is 10.6 Å². The molecular formula is C22H18N4O2S2. The molecule has 0 saturated carbocycles. The summed E-state index contributed by atoms with van der Waals surface area (Å²) in [7, 11) is 0. The first-order chi connectivity index (χ1) is 14.6. The molecule has 8 heteroatoms. The van der Waals surface area contributed by atoms with Gasteiger partial charge in [-0.15, -0.1) is 11.3 Å². The summed E-state index contributed by atoms with van der Waals surface area (Å²) < 4.78 is 0. The number of aromatic nitrogens is 2. The molecule has 4 rings (SSSR count). The molecule has 0 unspecified atom stereocenters. The molecule has 30 heavy (non-hydrogen) atoms. The number of thioether (sulfide) groups is 1. The number of hydrogen-bond acceptors (Lipinski definition) is 6. The second kappa shape index (κ2) is 9.06. The van der Waals surface area contributed by atoms with E-state index < -0.39 is 0 Å². The molecule has 2 aromatic heterocycles. The molecule has 2 N–H and O–H groups in total. The van der Waals surface area contributed by atoms with Gasteiger partial charge in [-0.3, -0.25) is 9.59 Å². The average Bonchev–Trinajstić information content (AvgIpc) is 3.18. The van der Waals surface area contributed by atoms with Crippen molar-refractivity contribution in [3.63, 3.8) is 0 Å². The van der Waals surface area contributed by atoms with Gasteiger partial charge in [-0.05, 0) is 29.8 Å². The van der Waals surface area contributed by atoms with E-state index in [1.165, 1.54) is 25.0 Å². The first-order valence-corrected chi connectivity index (χ1v) is 11.0. The first-order valence-electron chi connectivity index (χ1n) is 9.19. The Morgan fingerprint density at radius 3 is 2.50 bits per heavy atom. The van der Waals surface area contributed by atoms with Crippen LogP contribution in [0.3, 0.4) is 0 Å². The van der Waals surface area contributed by atoms with Crippen LogP contribution in [0.4, 0.5) is 11.4 Å². The molecule has 0 aliphatic rings. The van der Waals surface area contributed by atoms with Gasteiger partial charge in [0.15, 0.2) is 0 Å². The van der Waals surface area contributed by atoms with Gasteiger partial charge in [0, 0.05) is 28.6 Å². The van der Waals surface area contributed by atoms with E-state index >= 15 is 0 Å². The van der Waals surface area contributed by atoms with Crippen LogP contribution in [0, 0.1) is 0 Å². The van der Waals surface area contributed by atoms with Gasteiger partial charge in [0.1, 0.15) is 16.2 Å². The Labute approximate surface area is 181 Å². The van der Waals surface area contributed by atoms with Crippen LogP contribution in [0.5, 0.6) is 0 Å². The molecule has 2 aromatic carbocycles. The number of anilines is 2. The quantitative estimate of drug-likeness (QED) is 0.328. The number of nitrogens with zero attached hydrogens (tertiary/aromatic N) is 2. The van der Waals surface area contributed by atoms with Crippen LogP contribution in [0.15, 0.2) is 72.0 Å². The minimum absolute atomic E-state index is 0.148. The minimum atomic E-state index is -0.160. The van der Waals surface area contributed by atoms with Crippen LogP contribution in [-0.4, -0.2) is 27.5 Å². The highest BCUT2D eigenvalue weighted by molar-refractivity contribution is 8.00. The lowest BCUT2D eigenvalue weighted by Crippen LogP contribution is -2.14. The minimum Gasteiger partial charge on any atom is -0.326 e. The van der Waals surface area contributed by atoms with Gasteiger partial charge in [-0.1, -0.05) is 48.2 Å². The van der Waals surface area contributed by atoms with Crippen molar-refractivity contribution in [2.45, 2.75) is 11.9 Å². The number of amides is 2. The SMILES string of the molecule is CC(=O)Nc1cccc(NC(=O)CSc2ncnc3sc(-c4ccccc4)cc23)c1. The number of nitrogens with one attached hydrogen (secondary N) is 2. The van der Waals surface area contributed by atoms with E-state index in [0.717, 1.165) is 25.7 Å². The van der Waals surface area contributed by atoms with Crippen LogP contribution in [0.1, 0.15) is 6.92 Å². The van der Waals surface area contributed by atoms with Crippen LogP contribution in [-0.2, 0) is 9.59 Å². The average molecular weight is 435 g/mol. The molecule has 0 fully saturated rings. The number of hydrogen-bond donors (Lipinski definition) is 2. The van der Waals surface area contributed by atoms with E-state index in [-0.39, 0.29) is 17.6 Å². The Balaban J connectivity index is 1.45. The highest BCUT2D eigenvalue weighted by atomic mass is 32.2. The van der Waals surface area contributed by atoms with Crippen molar-refractivity contribution < 1.29 is 9.59 Å². The Hall–Kier alpha value is -3.23. The fourth-order valence-electron chi connectivity index (χ4n) is 2.90. The van der Waals surface area contributed by atoms with Crippen LogP contribution in [0.2, 0.25) is 0 Å². The van der Waals surface area contributed by atoms with Crippen molar-refractivity contribution in [3.05, 3.63) is 67.0 Å². The second-order valence-corrected chi connectivity index (χ2v) is 8.47. The Bertz CT molecular complexity index is 1210. The number of rotatable bonds is 6. The van der Waals surface area contributed by atoms with E-state index in [1.54, 1.807) is 35.6 Å². The molecule has 2 heterocycles. The molecule has 150 valence electrons. The van der Waals surface area contributed by atoms with Crippen molar-refractivity contribution in [2.24, 2.45) is 0 Å². The van der Waals surface area contributed by atoms with Gasteiger partial charge in [0.25, 0.3) is 0 Å². The molecule has 2 amide bonds. The maximum Gasteiger partial charge on any atom is 0.234 e. The zero-order chi connectivity index (χ0) is 20.9. The second-order valence-electron chi connectivity index (χ2n) is 6.47. The standard InChI is InChI=1S/C22H18N4O2S2/c1-14(27)25-16-8-5-9-17(10-16)26-20(28)12-29-21-18-11-19(15-6-3-2-4-7-15)30-22(18)24-13-23-21/h2-11,13H,12H2,1H3,(H,25,27)(H,26,28). The summed E-state index contributed by atoms with van der Waals surface area (Å²) >= 11 is 2.98. The summed E-state index contributed by atoms with van der Waals surface area (Å²) in [6.07, 6.45) is 1.53. The molecule has 4 aromatic rings. The largest absolute Gasteiger partial charge is 0.326 e. The van der Waals surface area contributed by atoms with Gasteiger partial charge in [-0.25, -0.2) is 9.97 Å². The van der Waals surface area contributed by atoms with Crippen LogP contribution >= 0.6 is 23.1 Å². The van der Waals surface area contributed by atoms with Crippen molar-refractivity contribution in [2.75, 3.05) is 16.4 Å². The molecule has 0 spiro atoms. The molecular weight excluding hydrogens is 416 g/mol. The summed E-state index contributed by atoms with van der Waals surface area (Å²) in [6.45, 7) is 1.44. The smallest absolute Gasteiger partial charge is 0.234 e. The number of fused-ring (bicyclic) bond motifs is 1. The third kappa shape index (κ3) is 4.84. The van der Waals surface area contributed by atoms with Gasteiger partial charge >= 0.3 is 0 Å². The monoisotopic (exact) mass is 434 g/mol. The Morgan fingerprint density at radius 2 is 1.73 bits per heavy atom. The van der Waals surface area contributed by atoms with Gasteiger partial charge in [0.05, 0.1) is 5.75 Å². The van der Waals surface area contributed by atoms with Crippen molar-refractivity contribution in [1.29, 1.82) is 0 Å². The van der Waals surface area contributed by atoms with E-state index in [2.05, 4.69) is 38.8 Å². The summed E-state index contributed by atoms with van der Waals surface area (Å²) in [4.78, 5) is 34.4. The molecule has 0 radical (unpaired) electrons. The highest BCUT2D eigenvalue weighted by Gasteiger charge is 2.12. The molecule has 0 saturated heterocycles. The zero-order valence-electron chi connectivity index (χ0n) is 16.1. The highest BCUT2D eigenvalue weighted by Crippen LogP contribution is 2.36. The van der Waals surface area contributed by atoms with Crippen LogP contribution in [0.25, 0.3) is 20.7 Å². The molecule has 0 atom stereocenters.